The molecule has 4 atom stereocenters. The van der Waals surface area contributed by atoms with Crippen molar-refractivity contribution in [3.8, 4) is 6.07 Å². The van der Waals surface area contributed by atoms with Gasteiger partial charge in [-0.2, -0.15) is 5.26 Å². The first-order chi connectivity index (χ1) is 11.4. The Morgan fingerprint density at radius 3 is 2.79 bits per heavy atom. The predicted molar refractivity (Wildman–Crippen MR) is 82.5 cm³/mol. The van der Waals surface area contributed by atoms with E-state index in [0.29, 0.717) is 0 Å². The van der Waals surface area contributed by atoms with Crippen LogP contribution in [0.25, 0.3) is 0 Å². The lowest BCUT2D eigenvalue weighted by Gasteiger charge is -2.13. The zero-order chi connectivity index (χ0) is 18.1. The van der Waals surface area contributed by atoms with Gasteiger partial charge in [0.15, 0.2) is 0 Å². The van der Waals surface area contributed by atoms with Gasteiger partial charge in [-0.1, -0.05) is 0 Å². The van der Waals surface area contributed by atoms with E-state index in [1.54, 1.807) is 0 Å². The lowest BCUT2D eigenvalue weighted by molar-refractivity contribution is -0.0459. The molecule has 1 fully saturated rings. The number of hydrogen-bond acceptors (Lipinski definition) is 9. The molecule has 2 rings (SSSR count). The van der Waals surface area contributed by atoms with Gasteiger partial charge in [-0.25, -0.2) is 4.79 Å². The summed E-state index contributed by atoms with van der Waals surface area (Å²) in [6.07, 6.45) is -0.374. The van der Waals surface area contributed by atoms with E-state index in [4.69, 9.17) is 25.5 Å². The van der Waals surface area contributed by atoms with E-state index in [1.165, 1.54) is 16.8 Å². The van der Waals surface area contributed by atoms with Crippen molar-refractivity contribution >= 4 is 8.53 Å². The number of nitrogens with two attached hydrogens (primary N) is 1. The quantitative estimate of drug-likeness (QED) is 0.300. The molecule has 134 valence electrons. The Bertz CT molecular complexity index is 656. The van der Waals surface area contributed by atoms with Gasteiger partial charge in [0.25, 0.3) is 5.56 Å². The fourth-order valence-corrected chi connectivity index (χ4v) is 2.17. The van der Waals surface area contributed by atoms with Crippen molar-refractivity contribution in [2.24, 2.45) is 5.50 Å². The number of nitrogens with zero attached hydrogens (tertiary/aromatic N) is 2. The van der Waals surface area contributed by atoms with Crippen molar-refractivity contribution in [1.82, 2.24) is 9.55 Å². The Labute approximate surface area is 137 Å². The molecule has 1 aliphatic rings. The summed E-state index contributed by atoms with van der Waals surface area (Å²) in [4.78, 5) is 32.6. The van der Waals surface area contributed by atoms with Crippen LogP contribution in [0.2, 0.25) is 0 Å². The second-order valence-corrected chi connectivity index (χ2v) is 5.54. The molecule has 1 saturated heterocycles. The molecule has 1 aromatic heterocycles. The second kappa shape index (κ2) is 10.3. The molecule has 0 bridgehead atoms. The van der Waals surface area contributed by atoms with Crippen LogP contribution in [0.15, 0.2) is 21.9 Å². The maximum Gasteiger partial charge on any atom is 0.330 e. The van der Waals surface area contributed by atoms with E-state index >= 15 is 0 Å². The third-order valence-electron chi connectivity index (χ3n) is 2.98. The van der Waals surface area contributed by atoms with Gasteiger partial charge in [0.1, 0.15) is 12.3 Å². The van der Waals surface area contributed by atoms with Crippen LogP contribution in [0.5, 0.6) is 0 Å². The normalized spacial score (nSPS) is 23.9. The van der Waals surface area contributed by atoms with E-state index in [9.17, 15) is 14.7 Å². The topological polar surface area (TPSA) is 184 Å². The molecular formula is C12H19N4O7P. The molecule has 2 unspecified atom stereocenters. The number of ether oxygens (including phenoxy) is 1. The minimum absolute atomic E-state index is 0.206. The van der Waals surface area contributed by atoms with Gasteiger partial charge in [0, 0.05) is 18.7 Å². The number of hydrogen-bond donors (Lipinski definition) is 5. The average molecular weight is 362 g/mol. The lowest BCUT2D eigenvalue weighted by Crippen LogP contribution is -2.31. The summed E-state index contributed by atoms with van der Waals surface area (Å²) in [6.45, 7) is -0.0923. The van der Waals surface area contributed by atoms with Crippen molar-refractivity contribution in [3.63, 3.8) is 0 Å². The summed E-state index contributed by atoms with van der Waals surface area (Å²) < 4.78 is 10.9. The van der Waals surface area contributed by atoms with Crippen LogP contribution in [0, 0.1) is 11.3 Å². The maximum absolute atomic E-state index is 11.4. The fourth-order valence-electron chi connectivity index (χ4n) is 1.89. The van der Waals surface area contributed by atoms with E-state index in [2.05, 4.69) is 9.51 Å². The highest BCUT2D eigenvalue weighted by molar-refractivity contribution is 7.43. The van der Waals surface area contributed by atoms with Gasteiger partial charge >= 0.3 is 5.69 Å². The molecule has 11 nitrogen and oxygen atoms in total. The van der Waals surface area contributed by atoms with Gasteiger partial charge < -0.3 is 24.4 Å². The highest BCUT2D eigenvalue weighted by Gasteiger charge is 2.34. The maximum atomic E-state index is 11.4. The van der Waals surface area contributed by atoms with Crippen molar-refractivity contribution < 1.29 is 24.4 Å². The molecule has 0 aliphatic carbocycles. The number of nitriles is 1. The molecule has 6 N–H and O–H groups in total. The Kier molecular flexibility index (Phi) is 8.73. The van der Waals surface area contributed by atoms with Crippen molar-refractivity contribution in [3.05, 3.63) is 33.1 Å². The highest BCUT2D eigenvalue weighted by atomic mass is 31.2. The van der Waals surface area contributed by atoms with E-state index < -0.39 is 38.2 Å². The highest BCUT2D eigenvalue weighted by Crippen LogP contribution is 2.26. The second-order valence-electron chi connectivity index (χ2n) is 4.68. The summed E-state index contributed by atoms with van der Waals surface area (Å²) in [6, 6.07) is 3.04. The number of aliphatic hydroxyl groups is 2. The number of rotatable bonds is 5. The standard InChI is InChI=1S/C9H12N2O5.C3H7N2O2P/c12-4-6-5(13)3-8(16-6)11-2-1-7(14)10-9(11)15;4-2-1-3-7-8(5)6/h1-2,5-6,8,12-13H,3-4H2,(H,10,14,15);6H,1,3,5H2/t5-,6+,8?;/m0./s1. The van der Waals surface area contributed by atoms with Gasteiger partial charge in [-0.05, 0) is 0 Å². The van der Waals surface area contributed by atoms with E-state index in [1.807, 2.05) is 6.07 Å². The average Bonchev–Trinajstić information content (AvgIpc) is 2.88. The van der Waals surface area contributed by atoms with Crippen LogP contribution < -0.4 is 16.8 Å². The summed E-state index contributed by atoms with van der Waals surface area (Å²) >= 11 is 0. The Hall–Kier alpha value is -1.64. The molecule has 24 heavy (non-hydrogen) atoms. The van der Waals surface area contributed by atoms with Crippen LogP contribution in [-0.2, 0) is 9.26 Å². The van der Waals surface area contributed by atoms with E-state index in [-0.39, 0.29) is 26.1 Å². The van der Waals surface area contributed by atoms with E-state index in [0.717, 1.165) is 0 Å². The fraction of sp³-hybridized carbons (Fsp3) is 0.583. The van der Waals surface area contributed by atoms with Gasteiger partial charge in [0.2, 0.25) is 8.53 Å². The summed E-state index contributed by atoms with van der Waals surface area (Å²) in [5, 5.41) is 26.3. The van der Waals surface area contributed by atoms with Crippen molar-refractivity contribution in [2.75, 3.05) is 13.2 Å². The molecule has 1 aliphatic heterocycles. The Morgan fingerprint density at radius 2 is 2.29 bits per heavy atom. The number of aliphatic hydroxyl groups excluding tert-OH is 2. The van der Waals surface area contributed by atoms with Crippen LogP contribution in [-0.4, -0.2) is 50.1 Å². The molecule has 0 amide bonds. The first-order valence-electron chi connectivity index (χ1n) is 6.88. The molecule has 0 aromatic carbocycles. The molecule has 0 radical (unpaired) electrons. The van der Waals surface area contributed by atoms with Crippen molar-refractivity contribution in [2.45, 2.75) is 31.3 Å². The van der Waals surface area contributed by atoms with Crippen molar-refractivity contribution in [1.29, 1.82) is 5.26 Å². The minimum Gasteiger partial charge on any atom is -0.394 e. The monoisotopic (exact) mass is 362 g/mol. The smallest absolute Gasteiger partial charge is 0.330 e. The third kappa shape index (κ3) is 6.46. The zero-order valence-corrected chi connectivity index (χ0v) is 13.5. The summed E-state index contributed by atoms with van der Waals surface area (Å²) in [5.74, 6) is 0. The molecule has 0 saturated carbocycles. The number of aromatic nitrogens is 2. The number of nitrogens with one attached hydrogen (secondary N) is 1. The molecule has 2 heterocycles. The van der Waals surface area contributed by atoms with Crippen LogP contribution in [0.4, 0.5) is 0 Å². The predicted octanol–water partition coefficient (Wildman–Crippen LogP) is -1.73. The van der Waals surface area contributed by atoms with Gasteiger partial charge in [0.05, 0.1) is 31.8 Å². The van der Waals surface area contributed by atoms with Crippen LogP contribution in [0.1, 0.15) is 19.1 Å². The van der Waals surface area contributed by atoms with Crippen LogP contribution >= 0.6 is 8.53 Å². The first-order valence-corrected chi connectivity index (χ1v) is 8.16. The van der Waals surface area contributed by atoms with Crippen LogP contribution in [0.3, 0.4) is 0 Å². The molecule has 1 aromatic rings. The number of H-pyrrole nitrogens is 1. The SMILES string of the molecule is N#CCCOP(N)O.O=c1ccn(C2C[C@H](O)[C@@H](CO)O2)c(=O)[nH]1. The number of aromatic amines is 1. The third-order valence-corrected chi connectivity index (χ3v) is 3.43. The van der Waals surface area contributed by atoms with Gasteiger partial charge in [-0.3, -0.25) is 19.8 Å². The summed E-state index contributed by atoms with van der Waals surface area (Å²) in [7, 11) is -1.76. The largest absolute Gasteiger partial charge is 0.394 e. The minimum atomic E-state index is -1.76. The Morgan fingerprint density at radius 1 is 1.58 bits per heavy atom. The molecular weight excluding hydrogens is 343 g/mol. The molecule has 12 heteroatoms. The molecule has 0 spiro atoms. The first kappa shape index (κ1) is 20.4. The van der Waals surface area contributed by atoms with Gasteiger partial charge in [-0.15, -0.1) is 0 Å². The lowest BCUT2D eigenvalue weighted by atomic mass is 10.2. The Balaban J connectivity index is 0.000000307. The zero-order valence-electron chi connectivity index (χ0n) is 12.6. The summed E-state index contributed by atoms with van der Waals surface area (Å²) in [5.41, 5.74) is 3.74.